The van der Waals surface area contributed by atoms with Crippen LogP contribution < -0.4 is 5.32 Å². The van der Waals surface area contributed by atoms with Gasteiger partial charge in [0.05, 0.1) is 12.2 Å². The first kappa shape index (κ1) is 16.8. The molecule has 1 atom stereocenters. The fraction of sp³-hybridized carbons (Fsp3) is 0.421. The van der Waals surface area contributed by atoms with E-state index in [1.54, 1.807) is 4.90 Å². The average molecular weight is 354 g/mol. The summed E-state index contributed by atoms with van der Waals surface area (Å²) in [6.45, 7) is 6.47. The molecular formula is C19H22N4O3. The van der Waals surface area contributed by atoms with Crippen molar-refractivity contribution in [1.29, 1.82) is 0 Å². The van der Waals surface area contributed by atoms with Crippen LogP contribution in [0, 0.1) is 13.8 Å². The maximum absolute atomic E-state index is 12.1. The van der Waals surface area contributed by atoms with Gasteiger partial charge in [0.15, 0.2) is 0 Å². The zero-order valence-corrected chi connectivity index (χ0v) is 15.0. The lowest BCUT2D eigenvalue weighted by molar-refractivity contribution is -0.149. The number of hydrogen-bond acceptors (Lipinski definition) is 5. The van der Waals surface area contributed by atoms with Crippen LogP contribution in [-0.4, -0.2) is 58.8 Å². The van der Waals surface area contributed by atoms with E-state index in [2.05, 4.69) is 15.2 Å². The molecule has 1 aromatic heterocycles. The van der Waals surface area contributed by atoms with Gasteiger partial charge < -0.3 is 14.6 Å². The van der Waals surface area contributed by atoms with Crippen LogP contribution in [0.2, 0.25) is 0 Å². The molecule has 1 aromatic carbocycles. The minimum absolute atomic E-state index is 0.00583. The average Bonchev–Trinajstić information content (AvgIpc) is 2.99. The maximum atomic E-state index is 12.1. The molecule has 0 spiro atoms. The van der Waals surface area contributed by atoms with Crippen molar-refractivity contribution in [2.75, 3.05) is 26.2 Å². The molecule has 4 rings (SSSR count). The van der Waals surface area contributed by atoms with Gasteiger partial charge in [0.2, 0.25) is 17.7 Å². The molecule has 26 heavy (non-hydrogen) atoms. The summed E-state index contributed by atoms with van der Waals surface area (Å²) in [7, 11) is 0. The largest absolute Gasteiger partial charge is 0.441 e. The minimum atomic E-state index is -0.409. The Bertz CT molecular complexity index is 860. The predicted octanol–water partition coefficient (Wildman–Crippen LogP) is 1.10. The monoisotopic (exact) mass is 354 g/mol. The molecule has 3 heterocycles. The summed E-state index contributed by atoms with van der Waals surface area (Å²) in [5, 5.41) is 2.67. The number of fused-ring (bicyclic) bond motifs is 1. The number of oxazole rings is 1. The van der Waals surface area contributed by atoms with E-state index in [0.29, 0.717) is 25.5 Å². The molecule has 2 aliphatic heterocycles. The Kier molecular flexibility index (Phi) is 4.24. The third-order valence-corrected chi connectivity index (χ3v) is 5.14. The van der Waals surface area contributed by atoms with Crippen molar-refractivity contribution in [3.8, 4) is 11.5 Å². The molecule has 0 saturated carbocycles. The summed E-state index contributed by atoms with van der Waals surface area (Å²) in [5.41, 5.74) is 2.98. The summed E-state index contributed by atoms with van der Waals surface area (Å²) in [4.78, 5) is 32.6. The van der Waals surface area contributed by atoms with Gasteiger partial charge >= 0.3 is 0 Å². The van der Waals surface area contributed by atoms with Gasteiger partial charge in [0.25, 0.3) is 0 Å². The highest BCUT2D eigenvalue weighted by Gasteiger charge is 2.38. The van der Waals surface area contributed by atoms with E-state index in [1.807, 2.05) is 38.1 Å². The molecule has 0 unspecified atom stereocenters. The van der Waals surface area contributed by atoms with Crippen molar-refractivity contribution in [1.82, 2.24) is 20.1 Å². The number of benzene rings is 1. The lowest BCUT2D eigenvalue weighted by Gasteiger charge is -2.42. The summed E-state index contributed by atoms with van der Waals surface area (Å²) >= 11 is 0. The smallest absolute Gasteiger partial charge is 0.244 e. The minimum Gasteiger partial charge on any atom is -0.441 e. The van der Waals surface area contributed by atoms with E-state index in [9.17, 15) is 9.59 Å². The van der Waals surface area contributed by atoms with E-state index < -0.39 is 6.04 Å². The maximum Gasteiger partial charge on any atom is 0.244 e. The van der Waals surface area contributed by atoms with E-state index in [4.69, 9.17) is 4.42 Å². The van der Waals surface area contributed by atoms with Gasteiger partial charge in [-0.3, -0.25) is 14.5 Å². The van der Waals surface area contributed by atoms with Crippen LogP contribution in [0.5, 0.6) is 0 Å². The molecule has 136 valence electrons. The fourth-order valence-corrected chi connectivity index (χ4v) is 3.60. The number of carbonyl (C=O) groups excluding carboxylic acids is 2. The zero-order valence-electron chi connectivity index (χ0n) is 15.0. The third kappa shape index (κ3) is 2.99. The molecule has 0 aliphatic carbocycles. The summed E-state index contributed by atoms with van der Waals surface area (Å²) < 4.78 is 5.89. The van der Waals surface area contributed by atoms with Gasteiger partial charge in [-0.05, 0) is 25.5 Å². The number of aromatic nitrogens is 1. The second-order valence-corrected chi connectivity index (χ2v) is 6.89. The zero-order chi connectivity index (χ0) is 18.3. The first-order valence-electron chi connectivity index (χ1n) is 8.85. The normalized spacial score (nSPS) is 20.8. The lowest BCUT2D eigenvalue weighted by Crippen LogP contribution is -2.65. The highest BCUT2D eigenvalue weighted by molar-refractivity contribution is 5.95. The standard InChI is InChI=1S/C19H22N4O3/c1-12-5-3-4-6-14(12)19-21-15(13(2)26-19)10-22-7-8-23-16(11-22)18(25)20-9-17(23)24/h3-6,16H,7-11H2,1-2H3,(H,20,25)/t16-/m1/s1. The van der Waals surface area contributed by atoms with Crippen molar-refractivity contribution < 1.29 is 14.0 Å². The first-order valence-corrected chi connectivity index (χ1v) is 8.85. The van der Waals surface area contributed by atoms with Crippen molar-refractivity contribution in [2.45, 2.75) is 26.4 Å². The molecule has 2 fully saturated rings. The molecule has 2 aromatic rings. The van der Waals surface area contributed by atoms with Gasteiger partial charge in [0.1, 0.15) is 11.8 Å². The Morgan fingerprint density at radius 1 is 1.23 bits per heavy atom. The quantitative estimate of drug-likeness (QED) is 0.893. The third-order valence-electron chi connectivity index (χ3n) is 5.14. The predicted molar refractivity (Wildman–Crippen MR) is 95.2 cm³/mol. The first-order chi connectivity index (χ1) is 12.5. The van der Waals surface area contributed by atoms with Gasteiger partial charge in [-0.2, -0.15) is 0 Å². The van der Waals surface area contributed by atoms with Gasteiger partial charge in [-0.1, -0.05) is 18.2 Å². The number of nitrogens with one attached hydrogen (secondary N) is 1. The van der Waals surface area contributed by atoms with Crippen LogP contribution in [0.4, 0.5) is 0 Å². The van der Waals surface area contributed by atoms with Crippen LogP contribution in [0.3, 0.4) is 0 Å². The number of carbonyl (C=O) groups is 2. The molecule has 2 saturated heterocycles. The summed E-state index contributed by atoms with van der Waals surface area (Å²) in [6.07, 6.45) is 0. The Balaban J connectivity index is 1.51. The molecule has 7 nitrogen and oxygen atoms in total. The Hall–Kier alpha value is -2.67. The van der Waals surface area contributed by atoms with Gasteiger partial charge in [-0.15, -0.1) is 0 Å². The van der Waals surface area contributed by atoms with Gasteiger partial charge in [0, 0.05) is 31.7 Å². The highest BCUT2D eigenvalue weighted by Crippen LogP contribution is 2.26. The Morgan fingerprint density at radius 3 is 2.85 bits per heavy atom. The molecular weight excluding hydrogens is 332 g/mol. The van der Waals surface area contributed by atoms with Crippen LogP contribution in [-0.2, 0) is 16.1 Å². The van der Waals surface area contributed by atoms with Crippen molar-refractivity contribution in [3.05, 3.63) is 41.3 Å². The highest BCUT2D eigenvalue weighted by atomic mass is 16.4. The van der Waals surface area contributed by atoms with Crippen molar-refractivity contribution in [2.24, 2.45) is 0 Å². The molecule has 7 heteroatoms. The molecule has 2 aliphatic rings. The van der Waals surface area contributed by atoms with Crippen LogP contribution in [0.15, 0.2) is 28.7 Å². The number of piperazine rings is 2. The fourth-order valence-electron chi connectivity index (χ4n) is 3.60. The number of hydrogen-bond donors (Lipinski definition) is 1. The topological polar surface area (TPSA) is 78.7 Å². The van der Waals surface area contributed by atoms with E-state index in [-0.39, 0.29) is 18.4 Å². The lowest BCUT2D eigenvalue weighted by atomic mass is 10.1. The summed E-state index contributed by atoms with van der Waals surface area (Å²) in [6, 6.07) is 7.59. The summed E-state index contributed by atoms with van der Waals surface area (Å²) in [5.74, 6) is 1.33. The molecule has 2 amide bonds. The Labute approximate surface area is 152 Å². The van der Waals surface area contributed by atoms with E-state index in [1.165, 1.54) is 0 Å². The second-order valence-electron chi connectivity index (χ2n) is 6.89. The molecule has 0 radical (unpaired) electrons. The SMILES string of the molecule is Cc1ccccc1-c1nc(CN2CCN3C(=O)CNC(=O)[C@H]3C2)c(C)o1. The van der Waals surface area contributed by atoms with Crippen molar-refractivity contribution >= 4 is 11.8 Å². The van der Waals surface area contributed by atoms with Crippen LogP contribution >= 0.6 is 0 Å². The number of rotatable bonds is 3. The van der Waals surface area contributed by atoms with E-state index in [0.717, 1.165) is 29.1 Å². The molecule has 1 N–H and O–H groups in total. The van der Waals surface area contributed by atoms with Crippen LogP contribution in [0.1, 0.15) is 17.0 Å². The van der Waals surface area contributed by atoms with Gasteiger partial charge in [-0.25, -0.2) is 4.98 Å². The van der Waals surface area contributed by atoms with E-state index >= 15 is 0 Å². The second kappa shape index (κ2) is 6.57. The number of nitrogens with zero attached hydrogens (tertiary/aromatic N) is 3. The van der Waals surface area contributed by atoms with Crippen molar-refractivity contribution in [3.63, 3.8) is 0 Å². The Morgan fingerprint density at radius 2 is 2.04 bits per heavy atom. The number of aryl methyl sites for hydroxylation is 2. The number of amides is 2. The van der Waals surface area contributed by atoms with Crippen LogP contribution in [0.25, 0.3) is 11.5 Å². The molecule has 0 bridgehead atoms.